The quantitative estimate of drug-likeness (QED) is 0.376. The number of hydrogen-bond acceptors (Lipinski definition) is 4. The van der Waals surface area contributed by atoms with Crippen molar-refractivity contribution in [3.8, 4) is 0 Å². The summed E-state index contributed by atoms with van der Waals surface area (Å²) in [7, 11) is 0. The molecule has 0 aliphatic carbocycles. The number of rotatable bonds is 8. The van der Waals surface area contributed by atoms with Gasteiger partial charge in [0.15, 0.2) is 28.6 Å². The molecule has 4 rings (SSSR count). The number of benzene rings is 2. The standard InChI is InChI=1S/C25H24F3N5O3/c1-15(2)10-11-31-14-29-23-22(31)24(35)33(25(36)32(23)12-16-6-4-3-5-7-16)13-19(34)30-18-9-8-17(26)20(27)21(18)28/h3-9,14-15H,10-13H2,1-2H3,(H,30,34). The fourth-order valence-corrected chi connectivity index (χ4v) is 3.81. The zero-order chi connectivity index (χ0) is 26.0. The van der Waals surface area contributed by atoms with Gasteiger partial charge in [0.25, 0.3) is 5.56 Å². The summed E-state index contributed by atoms with van der Waals surface area (Å²) in [6.07, 6.45) is 2.23. The molecule has 0 aliphatic rings. The number of carbonyl (C=O) groups excluding carboxylic acids is 1. The first kappa shape index (κ1) is 25.0. The normalized spacial score (nSPS) is 11.4. The second-order valence-electron chi connectivity index (χ2n) is 8.81. The number of halogens is 3. The SMILES string of the molecule is CC(C)CCn1cnc2c1c(=O)n(CC(=O)Nc1ccc(F)c(F)c1F)c(=O)n2Cc1ccccc1. The number of anilines is 1. The first-order chi connectivity index (χ1) is 17.2. The van der Waals surface area contributed by atoms with Crippen LogP contribution in [0.2, 0.25) is 0 Å². The number of aryl methyl sites for hydroxylation is 1. The van der Waals surface area contributed by atoms with Gasteiger partial charge in [0, 0.05) is 6.54 Å². The second-order valence-corrected chi connectivity index (χ2v) is 8.81. The average Bonchev–Trinajstić information content (AvgIpc) is 3.28. The second kappa shape index (κ2) is 10.2. The Bertz CT molecular complexity index is 1540. The summed E-state index contributed by atoms with van der Waals surface area (Å²) in [5, 5.41) is 2.10. The van der Waals surface area contributed by atoms with E-state index in [4.69, 9.17) is 0 Å². The van der Waals surface area contributed by atoms with Crippen molar-refractivity contribution in [1.29, 1.82) is 0 Å². The highest BCUT2D eigenvalue weighted by molar-refractivity contribution is 5.90. The van der Waals surface area contributed by atoms with Crippen molar-refractivity contribution in [3.63, 3.8) is 0 Å². The maximum Gasteiger partial charge on any atom is 0.333 e. The monoisotopic (exact) mass is 499 g/mol. The van der Waals surface area contributed by atoms with E-state index in [2.05, 4.69) is 10.3 Å². The fraction of sp³-hybridized carbons (Fsp3) is 0.280. The number of nitrogens with zero attached hydrogens (tertiary/aromatic N) is 4. The summed E-state index contributed by atoms with van der Waals surface area (Å²) in [6, 6.07) is 10.6. The van der Waals surface area contributed by atoms with Crippen molar-refractivity contribution in [2.75, 3.05) is 5.32 Å². The van der Waals surface area contributed by atoms with Crippen LogP contribution in [0.3, 0.4) is 0 Å². The Balaban J connectivity index is 1.77. The van der Waals surface area contributed by atoms with Gasteiger partial charge in [-0.2, -0.15) is 0 Å². The van der Waals surface area contributed by atoms with E-state index >= 15 is 0 Å². The summed E-state index contributed by atoms with van der Waals surface area (Å²) in [4.78, 5) is 43.7. The lowest BCUT2D eigenvalue weighted by molar-refractivity contribution is -0.116. The molecule has 0 atom stereocenters. The van der Waals surface area contributed by atoms with Gasteiger partial charge in [-0.3, -0.25) is 14.2 Å². The number of aromatic nitrogens is 4. The third-order valence-corrected chi connectivity index (χ3v) is 5.73. The van der Waals surface area contributed by atoms with E-state index in [1.807, 2.05) is 32.0 Å². The van der Waals surface area contributed by atoms with Crippen LogP contribution in [0.4, 0.5) is 18.9 Å². The van der Waals surface area contributed by atoms with Gasteiger partial charge in [-0.15, -0.1) is 0 Å². The Morgan fingerprint density at radius 2 is 1.72 bits per heavy atom. The minimum atomic E-state index is -1.74. The van der Waals surface area contributed by atoms with Crippen LogP contribution < -0.4 is 16.6 Å². The van der Waals surface area contributed by atoms with Crippen molar-refractivity contribution >= 4 is 22.8 Å². The number of carbonyl (C=O) groups is 1. The van der Waals surface area contributed by atoms with Crippen LogP contribution in [-0.2, 0) is 24.4 Å². The lowest BCUT2D eigenvalue weighted by Crippen LogP contribution is -2.43. The van der Waals surface area contributed by atoms with Crippen LogP contribution >= 0.6 is 0 Å². The number of nitrogens with one attached hydrogen (secondary N) is 1. The maximum atomic E-state index is 14.0. The lowest BCUT2D eigenvalue weighted by atomic mass is 10.1. The van der Waals surface area contributed by atoms with E-state index < -0.39 is 46.8 Å². The van der Waals surface area contributed by atoms with Crippen LogP contribution in [0, 0.1) is 23.4 Å². The van der Waals surface area contributed by atoms with Crippen LogP contribution in [0.5, 0.6) is 0 Å². The zero-order valence-electron chi connectivity index (χ0n) is 19.7. The van der Waals surface area contributed by atoms with E-state index in [0.717, 1.165) is 22.6 Å². The highest BCUT2D eigenvalue weighted by atomic mass is 19.2. The molecular formula is C25H24F3N5O3. The molecule has 1 N–H and O–H groups in total. The first-order valence-corrected chi connectivity index (χ1v) is 11.3. The highest BCUT2D eigenvalue weighted by Gasteiger charge is 2.21. The lowest BCUT2D eigenvalue weighted by Gasteiger charge is -2.13. The van der Waals surface area contributed by atoms with E-state index in [1.165, 1.54) is 10.9 Å². The van der Waals surface area contributed by atoms with Crippen molar-refractivity contribution in [2.24, 2.45) is 5.92 Å². The minimum absolute atomic E-state index is 0.0943. The van der Waals surface area contributed by atoms with E-state index in [9.17, 15) is 27.6 Å². The average molecular weight is 499 g/mol. The Morgan fingerprint density at radius 1 is 1.00 bits per heavy atom. The molecule has 0 bridgehead atoms. The number of fused-ring (bicyclic) bond motifs is 1. The van der Waals surface area contributed by atoms with Gasteiger partial charge < -0.3 is 9.88 Å². The van der Waals surface area contributed by atoms with E-state index in [1.54, 1.807) is 16.7 Å². The number of imidazole rings is 1. The fourth-order valence-electron chi connectivity index (χ4n) is 3.81. The minimum Gasteiger partial charge on any atom is -0.325 e. The number of amides is 1. The van der Waals surface area contributed by atoms with Crippen LogP contribution in [0.1, 0.15) is 25.8 Å². The molecule has 0 saturated carbocycles. The topological polar surface area (TPSA) is 90.9 Å². The van der Waals surface area contributed by atoms with Crippen LogP contribution in [0.25, 0.3) is 11.2 Å². The van der Waals surface area contributed by atoms with Gasteiger partial charge in [0.2, 0.25) is 5.91 Å². The molecule has 188 valence electrons. The van der Waals surface area contributed by atoms with Gasteiger partial charge >= 0.3 is 5.69 Å². The Labute approximate surface area is 203 Å². The first-order valence-electron chi connectivity index (χ1n) is 11.3. The molecule has 2 aromatic carbocycles. The summed E-state index contributed by atoms with van der Waals surface area (Å²) >= 11 is 0. The molecular weight excluding hydrogens is 475 g/mol. The van der Waals surface area contributed by atoms with Crippen LogP contribution in [-0.4, -0.2) is 24.6 Å². The van der Waals surface area contributed by atoms with E-state index in [0.29, 0.717) is 18.5 Å². The molecule has 0 spiro atoms. The molecule has 1 amide bonds. The molecule has 0 fully saturated rings. The van der Waals surface area contributed by atoms with Crippen molar-refractivity contribution in [2.45, 2.75) is 39.9 Å². The van der Waals surface area contributed by atoms with Gasteiger partial charge in [-0.1, -0.05) is 44.2 Å². The molecule has 2 aromatic heterocycles. The van der Waals surface area contributed by atoms with Gasteiger partial charge in [-0.05, 0) is 30.0 Å². The predicted molar refractivity (Wildman–Crippen MR) is 128 cm³/mol. The summed E-state index contributed by atoms with van der Waals surface area (Å²) < 4.78 is 44.5. The van der Waals surface area contributed by atoms with Crippen LogP contribution in [0.15, 0.2) is 58.4 Å². The Kier molecular flexibility index (Phi) is 7.09. The summed E-state index contributed by atoms with van der Waals surface area (Å²) in [6.45, 7) is 3.86. The molecule has 8 nitrogen and oxygen atoms in total. The molecule has 0 radical (unpaired) electrons. The molecule has 0 saturated heterocycles. The highest BCUT2D eigenvalue weighted by Crippen LogP contribution is 2.19. The molecule has 36 heavy (non-hydrogen) atoms. The molecule has 0 unspecified atom stereocenters. The Hall–Kier alpha value is -4.15. The zero-order valence-corrected chi connectivity index (χ0v) is 19.7. The third-order valence-electron chi connectivity index (χ3n) is 5.73. The van der Waals surface area contributed by atoms with Crippen molar-refractivity contribution in [3.05, 3.63) is 92.6 Å². The van der Waals surface area contributed by atoms with Gasteiger partial charge in [0.05, 0.1) is 18.6 Å². The summed E-state index contributed by atoms with van der Waals surface area (Å²) in [5.74, 6) is -5.36. The van der Waals surface area contributed by atoms with E-state index in [-0.39, 0.29) is 17.7 Å². The smallest absolute Gasteiger partial charge is 0.325 e. The largest absolute Gasteiger partial charge is 0.333 e. The maximum absolute atomic E-state index is 14.0. The van der Waals surface area contributed by atoms with Crippen molar-refractivity contribution < 1.29 is 18.0 Å². The summed E-state index contributed by atoms with van der Waals surface area (Å²) in [5.41, 5.74) is -1.03. The van der Waals surface area contributed by atoms with Crippen molar-refractivity contribution in [1.82, 2.24) is 18.7 Å². The molecule has 11 heteroatoms. The van der Waals surface area contributed by atoms with Gasteiger partial charge in [0.1, 0.15) is 6.54 Å². The Morgan fingerprint density at radius 3 is 2.42 bits per heavy atom. The third kappa shape index (κ3) is 4.95. The molecule has 4 aromatic rings. The molecule has 0 aliphatic heterocycles. The predicted octanol–water partition coefficient (Wildman–Crippen LogP) is 3.51. The molecule has 2 heterocycles. The number of hydrogen-bond donors (Lipinski definition) is 1. The van der Waals surface area contributed by atoms with Gasteiger partial charge in [-0.25, -0.2) is 27.5 Å².